The lowest BCUT2D eigenvalue weighted by Crippen LogP contribution is -2.53. The van der Waals surface area contributed by atoms with Crippen LogP contribution in [-0.2, 0) is 16.1 Å². The average Bonchev–Trinajstić information content (AvgIpc) is 2.30. The number of likely N-dealkylation sites (N-methyl/N-ethyl adjacent to an activating group) is 1. The van der Waals surface area contributed by atoms with Gasteiger partial charge in [-0.15, -0.1) is 0 Å². The number of nitrogens with zero attached hydrogens (tertiary/aromatic N) is 2. The monoisotopic (exact) mass is 238 g/mol. The Morgan fingerprint density at radius 3 is 2.82 bits per heavy atom. The van der Waals surface area contributed by atoms with Crippen molar-refractivity contribution in [2.24, 2.45) is 0 Å². The van der Waals surface area contributed by atoms with Gasteiger partial charge in [0, 0.05) is 26.0 Å². The number of aromatic nitrogens is 1. The Hall–Kier alpha value is -1.46. The molecule has 0 aliphatic carbocycles. The highest BCUT2D eigenvalue weighted by atomic mass is 16.5. The molecule has 0 bridgehead atoms. The zero-order valence-electron chi connectivity index (χ0n) is 10.4. The molecular weight excluding hydrogens is 220 g/mol. The molecule has 1 rings (SSSR count). The number of methoxy groups -OCH3 is 1. The smallest absolute Gasteiger partial charge is 0.326 e. The zero-order chi connectivity index (χ0) is 12.9. The molecule has 0 saturated heterocycles. The lowest BCUT2D eigenvalue weighted by Gasteiger charge is -2.34. The van der Waals surface area contributed by atoms with E-state index in [0.29, 0.717) is 6.54 Å². The molecule has 1 aromatic heterocycles. The van der Waals surface area contributed by atoms with Crippen molar-refractivity contribution in [1.82, 2.24) is 9.88 Å². The standard InChI is InChI=1S/C12H18N2O3/c1-12(9-17-3,11(15)16)14(2)8-10-5-4-6-13-7-10/h4-7H,8-9H2,1-3H3,(H,15,16). The van der Waals surface area contributed by atoms with E-state index in [1.165, 1.54) is 7.11 Å². The van der Waals surface area contributed by atoms with Crippen molar-refractivity contribution in [3.05, 3.63) is 30.1 Å². The number of hydrogen-bond acceptors (Lipinski definition) is 4. The van der Waals surface area contributed by atoms with Crippen molar-refractivity contribution >= 4 is 5.97 Å². The van der Waals surface area contributed by atoms with Crippen molar-refractivity contribution in [1.29, 1.82) is 0 Å². The van der Waals surface area contributed by atoms with Gasteiger partial charge >= 0.3 is 5.97 Å². The van der Waals surface area contributed by atoms with Crippen LogP contribution in [0.4, 0.5) is 0 Å². The highest BCUT2D eigenvalue weighted by Crippen LogP contribution is 2.17. The van der Waals surface area contributed by atoms with E-state index in [0.717, 1.165) is 5.56 Å². The van der Waals surface area contributed by atoms with Crippen LogP contribution in [0.1, 0.15) is 12.5 Å². The summed E-state index contributed by atoms with van der Waals surface area (Å²) in [6.07, 6.45) is 3.42. The van der Waals surface area contributed by atoms with Gasteiger partial charge in [-0.3, -0.25) is 14.7 Å². The van der Waals surface area contributed by atoms with Gasteiger partial charge in [0.05, 0.1) is 6.61 Å². The summed E-state index contributed by atoms with van der Waals surface area (Å²) in [7, 11) is 3.26. The van der Waals surface area contributed by atoms with E-state index in [1.807, 2.05) is 12.1 Å². The normalized spacial score (nSPS) is 14.6. The second-order valence-electron chi connectivity index (χ2n) is 4.23. The van der Waals surface area contributed by atoms with Crippen LogP contribution in [0.25, 0.3) is 0 Å². The van der Waals surface area contributed by atoms with Gasteiger partial charge < -0.3 is 9.84 Å². The molecule has 5 heteroatoms. The molecule has 1 heterocycles. The first-order valence-corrected chi connectivity index (χ1v) is 5.33. The SMILES string of the molecule is COCC(C)(C(=O)O)N(C)Cc1cccnc1. The molecule has 94 valence electrons. The van der Waals surface area contributed by atoms with E-state index in [9.17, 15) is 9.90 Å². The molecule has 0 radical (unpaired) electrons. The quantitative estimate of drug-likeness (QED) is 0.801. The maximum Gasteiger partial charge on any atom is 0.326 e. The van der Waals surface area contributed by atoms with Crippen LogP contribution >= 0.6 is 0 Å². The number of carbonyl (C=O) groups is 1. The summed E-state index contributed by atoms with van der Waals surface area (Å²) in [6, 6.07) is 3.75. The maximum atomic E-state index is 11.3. The van der Waals surface area contributed by atoms with Crippen molar-refractivity contribution in [3.63, 3.8) is 0 Å². The van der Waals surface area contributed by atoms with Crippen molar-refractivity contribution in [2.45, 2.75) is 19.0 Å². The predicted octanol–water partition coefficient (Wildman–Crippen LogP) is 1.00. The number of carboxylic acid groups (broad SMARTS) is 1. The molecule has 0 aromatic carbocycles. The van der Waals surface area contributed by atoms with Crippen LogP contribution in [0.3, 0.4) is 0 Å². The van der Waals surface area contributed by atoms with Gasteiger partial charge in [-0.05, 0) is 25.6 Å². The summed E-state index contributed by atoms with van der Waals surface area (Å²) in [4.78, 5) is 17.1. The number of hydrogen-bond donors (Lipinski definition) is 1. The zero-order valence-corrected chi connectivity index (χ0v) is 10.4. The Labute approximate surface area is 101 Å². The van der Waals surface area contributed by atoms with Gasteiger partial charge in [0.15, 0.2) is 0 Å². The minimum atomic E-state index is -1.04. The van der Waals surface area contributed by atoms with Crippen molar-refractivity contribution in [3.8, 4) is 0 Å². The highest BCUT2D eigenvalue weighted by molar-refractivity contribution is 5.78. The lowest BCUT2D eigenvalue weighted by molar-refractivity contribution is -0.153. The molecule has 1 atom stereocenters. The van der Waals surface area contributed by atoms with Gasteiger partial charge in [0.1, 0.15) is 5.54 Å². The van der Waals surface area contributed by atoms with Crippen LogP contribution < -0.4 is 0 Å². The van der Waals surface area contributed by atoms with Gasteiger partial charge in [-0.2, -0.15) is 0 Å². The fourth-order valence-electron chi connectivity index (χ4n) is 1.56. The number of rotatable bonds is 6. The van der Waals surface area contributed by atoms with Gasteiger partial charge in [-0.1, -0.05) is 6.07 Å². The lowest BCUT2D eigenvalue weighted by atomic mass is 10.0. The molecule has 1 aromatic rings. The Bertz CT molecular complexity index is 369. The minimum Gasteiger partial charge on any atom is -0.480 e. The Morgan fingerprint density at radius 1 is 1.65 bits per heavy atom. The number of aliphatic carboxylic acids is 1. The summed E-state index contributed by atoms with van der Waals surface area (Å²) >= 11 is 0. The summed E-state index contributed by atoms with van der Waals surface area (Å²) in [5, 5.41) is 9.27. The summed E-state index contributed by atoms with van der Waals surface area (Å²) in [5.74, 6) is -0.897. The number of ether oxygens (including phenoxy) is 1. The Kier molecular flexibility index (Phi) is 4.60. The van der Waals surface area contributed by atoms with Gasteiger partial charge in [0.25, 0.3) is 0 Å². The predicted molar refractivity (Wildman–Crippen MR) is 63.6 cm³/mol. The van der Waals surface area contributed by atoms with E-state index in [-0.39, 0.29) is 6.61 Å². The van der Waals surface area contributed by atoms with Crippen LogP contribution in [0.15, 0.2) is 24.5 Å². The van der Waals surface area contributed by atoms with Crippen molar-refractivity contribution in [2.75, 3.05) is 20.8 Å². The van der Waals surface area contributed by atoms with E-state index in [1.54, 1.807) is 31.3 Å². The Morgan fingerprint density at radius 2 is 2.35 bits per heavy atom. The average molecular weight is 238 g/mol. The first-order chi connectivity index (χ1) is 8.00. The number of pyridine rings is 1. The van der Waals surface area contributed by atoms with Crippen molar-refractivity contribution < 1.29 is 14.6 Å². The molecule has 0 amide bonds. The van der Waals surface area contributed by atoms with Crippen LogP contribution in [0.2, 0.25) is 0 Å². The third-order valence-electron chi connectivity index (χ3n) is 2.87. The molecule has 1 N–H and O–H groups in total. The summed E-state index contributed by atoms with van der Waals surface area (Å²) < 4.78 is 4.99. The molecular formula is C12H18N2O3. The van der Waals surface area contributed by atoms with E-state index in [4.69, 9.17) is 4.74 Å². The molecule has 0 spiro atoms. The molecule has 0 fully saturated rings. The van der Waals surface area contributed by atoms with Crippen LogP contribution in [0.5, 0.6) is 0 Å². The maximum absolute atomic E-state index is 11.3. The fourth-order valence-corrected chi connectivity index (χ4v) is 1.56. The molecule has 0 aliphatic heterocycles. The molecule has 0 aliphatic rings. The van der Waals surface area contributed by atoms with E-state index >= 15 is 0 Å². The largest absolute Gasteiger partial charge is 0.480 e. The molecule has 17 heavy (non-hydrogen) atoms. The van der Waals surface area contributed by atoms with E-state index in [2.05, 4.69) is 4.98 Å². The summed E-state index contributed by atoms with van der Waals surface area (Å²) in [5.41, 5.74) is -0.0662. The second kappa shape index (κ2) is 5.75. The van der Waals surface area contributed by atoms with Crippen LogP contribution in [-0.4, -0.2) is 47.3 Å². The van der Waals surface area contributed by atoms with Gasteiger partial charge in [0.2, 0.25) is 0 Å². The van der Waals surface area contributed by atoms with E-state index < -0.39 is 11.5 Å². The third-order valence-corrected chi connectivity index (χ3v) is 2.87. The second-order valence-corrected chi connectivity index (χ2v) is 4.23. The summed E-state index contributed by atoms with van der Waals surface area (Å²) in [6.45, 7) is 2.30. The Balaban J connectivity index is 2.79. The van der Waals surface area contributed by atoms with Crippen LogP contribution in [0, 0.1) is 0 Å². The molecule has 0 saturated carbocycles. The van der Waals surface area contributed by atoms with Gasteiger partial charge in [-0.25, -0.2) is 0 Å². The highest BCUT2D eigenvalue weighted by Gasteiger charge is 2.37. The molecule has 1 unspecified atom stereocenters. The topological polar surface area (TPSA) is 62.7 Å². The number of carboxylic acids is 1. The third kappa shape index (κ3) is 3.25. The molecule has 5 nitrogen and oxygen atoms in total. The first kappa shape index (κ1) is 13.6. The minimum absolute atomic E-state index is 0.138. The fraction of sp³-hybridized carbons (Fsp3) is 0.500. The first-order valence-electron chi connectivity index (χ1n) is 5.33.